The molecule has 0 unspecified atom stereocenters. The quantitative estimate of drug-likeness (QED) is 0.516. The molecule has 2 aromatic rings. The molecule has 0 N–H and O–H groups in total. The number of nitrogens with zero attached hydrogens (tertiary/aromatic N) is 1. The van der Waals surface area contributed by atoms with Gasteiger partial charge in [0, 0.05) is 3.57 Å². The Labute approximate surface area is 150 Å². The summed E-state index contributed by atoms with van der Waals surface area (Å²) < 4.78 is 13.9. The lowest BCUT2D eigenvalue weighted by Gasteiger charge is -2.12. The number of hydrogen-bond donors (Lipinski definition) is 0. The maximum absolute atomic E-state index is 12.9. The highest BCUT2D eigenvalue weighted by Crippen LogP contribution is 2.33. The average Bonchev–Trinajstić information content (AvgIpc) is 2.79. The van der Waals surface area contributed by atoms with Gasteiger partial charge >= 0.3 is 0 Å². The van der Waals surface area contributed by atoms with Crippen LogP contribution in [0.15, 0.2) is 53.4 Å². The van der Waals surface area contributed by atoms with Crippen molar-refractivity contribution in [1.82, 2.24) is 4.90 Å². The van der Waals surface area contributed by atoms with Crippen molar-refractivity contribution >= 4 is 51.6 Å². The second-order valence-electron chi connectivity index (χ2n) is 4.92. The highest BCUT2D eigenvalue weighted by molar-refractivity contribution is 14.1. The largest absolute Gasteiger partial charge is 0.293 e. The van der Waals surface area contributed by atoms with Crippen LogP contribution in [0.4, 0.5) is 9.18 Å². The molecule has 1 heterocycles. The summed E-state index contributed by atoms with van der Waals surface area (Å²) in [5.41, 5.74) is 1.62. The number of carbonyl (C=O) groups excluding carboxylic acids is 2. The number of benzene rings is 2. The third-order valence-electron chi connectivity index (χ3n) is 3.32. The fourth-order valence-corrected chi connectivity index (χ4v) is 3.51. The normalized spacial score (nSPS) is 16.4. The maximum atomic E-state index is 12.9. The van der Waals surface area contributed by atoms with Gasteiger partial charge in [0.2, 0.25) is 0 Å². The number of rotatable bonds is 3. The smallest absolute Gasteiger partial charge is 0.268 e. The average molecular weight is 439 g/mol. The first-order valence-corrected chi connectivity index (χ1v) is 8.68. The predicted molar refractivity (Wildman–Crippen MR) is 97.1 cm³/mol. The zero-order chi connectivity index (χ0) is 16.4. The molecule has 0 saturated carbocycles. The summed E-state index contributed by atoms with van der Waals surface area (Å²) in [6.45, 7) is 0.147. The molecule has 1 aliphatic rings. The van der Waals surface area contributed by atoms with E-state index in [4.69, 9.17) is 0 Å². The number of amides is 2. The van der Waals surface area contributed by atoms with Crippen molar-refractivity contribution in [3.63, 3.8) is 0 Å². The van der Waals surface area contributed by atoms with E-state index >= 15 is 0 Å². The monoisotopic (exact) mass is 439 g/mol. The third kappa shape index (κ3) is 3.64. The summed E-state index contributed by atoms with van der Waals surface area (Å²) in [5.74, 6) is -0.662. The number of hydrogen-bond acceptors (Lipinski definition) is 3. The molecular weight excluding hydrogens is 428 g/mol. The lowest BCUT2D eigenvalue weighted by Crippen LogP contribution is -2.27. The lowest BCUT2D eigenvalue weighted by molar-refractivity contribution is -0.123. The number of imide groups is 1. The molecule has 23 heavy (non-hydrogen) atoms. The standard InChI is InChI=1S/C17H11FINO2S/c18-13-7-5-11(6-8-13)10-20-16(21)15(23-17(20)22)9-12-3-1-2-4-14(12)19/h1-9H,10H2/b15-9-. The van der Waals surface area contributed by atoms with E-state index in [1.807, 2.05) is 24.3 Å². The zero-order valence-electron chi connectivity index (χ0n) is 11.8. The summed E-state index contributed by atoms with van der Waals surface area (Å²) in [6, 6.07) is 13.4. The maximum Gasteiger partial charge on any atom is 0.293 e. The molecule has 0 aliphatic carbocycles. The van der Waals surface area contributed by atoms with Crippen LogP contribution in [0, 0.1) is 9.39 Å². The van der Waals surface area contributed by atoms with Gasteiger partial charge in [-0.25, -0.2) is 4.39 Å². The van der Waals surface area contributed by atoms with Crippen LogP contribution in [0.3, 0.4) is 0 Å². The number of halogens is 2. The van der Waals surface area contributed by atoms with Crippen molar-refractivity contribution in [3.05, 3.63) is 74.0 Å². The topological polar surface area (TPSA) is 37.4 Å². The molecule has 3 nitrogen and oxygen atoms in total. The first kappa shape index (κ1) is 16.2. The van der Waals surface area contributed by atoms with Crippen molar-refractivity contribution < 1.29 is 14.0 Å². The first-order chi connectivity index (χ1) is 11.0. The first-order valence-electron chi connectivity index (χ1n) is 6.79. The third-order valence-corrected chi connectivity index (χ3v) is 5.21. The Balaban J connectivity index is 1.82. The molecule has 2 amide bonds. The summed E-state index contributed by atoms with van der Waals surface area (Å²) in [4.78, 5) is 26.1. The minimum Gasteiger partial charge on any atom is -0.268 e. The van der Waals surface area contributed by atoms with Crippen molar-refractivity contribution in [1.29, 1.82) is 0 Å². The van der Waals surface area contributed by atoms with Gasteiger partial charge in [-0.1, -0.05) is 30.3 Å². The molecule has 0 radical (unpaired) electrons. The van der Waals surface area contributed by atoms with Crippen LogP contribution in [0.2, 0.25) is 0 Å². The molecule has 0 atom stereocenters. The Hall–Kier alpha value is -1.67. The van der Waals surface area contributed by atoms with Gasteiger partial charge < -0.3 is 0 Å². The molecule has 2 aromatic carbocycles. The van der Waals surface area contributed by atoms with Crippen LogP contribution in [0.25, 0.3) is 6.08 Å². The SMILES string of the molecule is O=C1S/C(=C\c2ccccc2I)C(=O)N1Cc1ccc(F)cc1. The summed E-state index contributed by atoms with van der Waals surface area (Å²) in [5, 5.41) is -0.309. The van der Waals surface area contributed by atoms with Crippen LogP contribution in [0.1, 0.15) is 11.1 Å². The molecule has 3 rings (SSSR count). The van der Waals surface area contributed by atoms with E-state index in [0.717, 1.165) is 20.9 Å². The molecule has 0 aromatic heterocycles. The van der Waals surface area contributed by atoms with E-state index in [2.05, 4.69) is 22.6 Å². The van der Waals surface area contributed by atoms with Crippen molar-refractivity contribution in [2.45, 2.75) is 6.54 Å². The fourth-order valence-electron chi connectivity index (χ4n) is 2.14. The van der Waals surface area contributed by atoms with Gasteiger partial charge in [-0.2, -0.15) is 0 Å². The van der Waals surface area contributed by atoms with Gasteiger partial charge in [-0.3, -0.25) is 14.5 Å². The molecule has 1 fully saturated rings. The Morgan fingerprint density at radius 3 is 2.48 bits per heavy atom. The minimum absolute atomic E-state index is 0.147. The molecule has 0 spiro atoms. The highest BCUT2D eigenvalue weighted by atomic mass is 127. The van der Waals surface area contributed by atoms with Gasteiger partial charge in [0.15, 0.2) is 0 Å². The predicted octanol–water partition coefficient (Wildman–Crippen LogP) is 4.67. The van der Waals surface area contributed by atoms with Crippen LogP contribution in [-0.4, -0.2) is 16.0 Å². The Bertz CT molecular complexity index is 804. The van der Waals surface area contributed by atoms with E-state index < -0.39 is 0 Å². The van der Waals surface area contributed by atoms with E-state index in [0.29, 0.717) is 10.5 Å². The Kier molecular flexibility index (Phi) is 4.82. The van der Waals surface area contributed by atoms with E-state index in [-0.39, 0.29) is 23.5 Å². The highest BCUT2D eigenvalue weighted by Gasteiger charge is 2.35. The Morgan fingerprint density at radius 1 is 1.09 bits per heavy atom. The lowest BCUT2D eigenvalue weighted by atomic mass is 10.2. The number of thioether (sulfide) groups is 1. The van der Waals surface area contributed by atoms with E-state index in [9.17, 15) is 14.0 Å². The van der Waals surface area contributed by atoms with Crippen molar-refractivity contribution in [2.75, 3.05) is 0 Å². The summed E-state index contributed by atoms with van der Waals surface area (Å²) in [7, 11) is 0. The van der Waals surface area contributed by atoms with Gasteiger partial charge in [-0.05, 0) is 69.8 Å². The van der Waals surface area contributed by atoms with Crippen LogP contribution < -0.4 is 0 Å². The zero-order valence-corrected chi connectivity index (χ0v) is 14.8. The van der Waals surface area contributed by atoms with Crippen LogP contribution >= 0.6 is 34.4 Å². The van der Waals surface area contributed by atoms with Gasteiger partial charge in [0.1, 0.15) is 5.82 Å². The summed E-state index contributed by atoms with van der Waals surface area (Å²) in [6.07, 6.45) is 1.73. The number of carbonyl (C=O) groups is 2. The van der Waals surface area contributed by atoms with Crippen LogP contribution in [0.5, 0.6) is 0 Å². The second kappa shape index (κ2) is 6.84. The van der Waals surface area contributed by atoms with Gasteiger partial charge in [0.05, 0.1) is 11.4 Å². The van der Waals surface area contributed by atoms with E-state index in [1.165, 1.54) is 17.0 Å². The minimum atomic E-state index is -0.346. The molecule has 1 saturated heterocycles. The molecule has 116 valence electrons. The molecule has 1 aliphatic heterocycles. The van der Waals surface area contributed by atoms with Gasteiger partial charge in [-0.15, -0.1) is 0 Å². The molecular formula is C17H11FINO2S. The van der Waals surface area contributed by atoms with Gasteiger partial charge in [0.25, 0.3) is 11.1 Å². The summed E-state index contributed by atoms with van der Waals surface area (Å²) >= 11 is 3.12. The Morgan fingerprint density at radius 2 is 1.78 bits per heavy atom. The van der Waals surface area contributed by atoms with E-state index in [1.54, 1.807) is 18.2 Å². The fraction of sp³-hybridized carbons (Fsp3) is 0.0588. The molecule has 6 heteroatoms. The van der Waals surface area contributed by atoms with Crippen LogP contribution in [-0.2, 0) is 11.3 Å². The molecule has 0 bridgehead atoms. The second-order valence-corrected chi connectivity index (χ2v) is 7.07. The van der Waals surface area contributed by atoms with Crippen molar-refractivity contribution in [2.24, 2.45) is 0 Å². The van der Waals surface area contributed by atoms with Crippen molar-refractivity contribution in [3.8, 4) is 0 Å².